The van der Waals surface area contributed by atoms with Crippen LogP contribution in [-0.2, 0) is 11.2 Å². The summed E-state index contributed by atoms with van der Waals surface area (Å²) in [7, 11) is 0. The van der Waals surface area contributed by atoms with Gasteiger partial charge < -0.3 is 10.8 Å². The van der Waals surface area contributed by atoms with E-state index in [0.717, 1.165) is 38.0 Å². The molecule has 0 bridgehead atoms. The van der Waals surface area contributed by atoms with E-state index in [2.05, 4.69) is 57.2 Å². The van der Waals surface area contributed by atoms with Crippen LogP contribution >= 0.6 is 0 Å². The topological polar surface area (TPSA) is 63.3 Å². The molecule has 194 valence electrons. The number of benzene rings is 1. The molecule has 0 aliphatic carbocycles. The van der Waals surface area contributed by atoms with Crippen molar-refractivity contribution in [2.75, 3.05) is 6.54 Å². The van der Waals surface area contributed by atoms with Crippen molar-refractivity contribution in [3.63, 3.8) is 0 Å². The average molecular weight is 472 g/mol. The molecule has 0 aliphatic heterocycles. The molecule has 0 heterocycles. The van der Waals surface area contributed by atoms with Crippen LogP contribution in [0.3, 0.4) is 0 Å². The highest BCUT2D eigenvalue weighted by molar-refractivity contribution is 5.67. The molecular formula is C31H53NO2. The largest absolute Gasteiger partial charge is 0.481 e. The first-order valence-electron chi connectivity index (χ1n) is 14.1. The quantitative estimate of drug-likeness (QED) is 0.140. The van der Waals surface area contributed by atoms with Crippen LogP contribution in [0.15, 0.2) is 42.5 Å². The van der Waals surface area contributed by atoms with E-state index < -0.39 is 5.97 Å². The zero-order valence-corrected chi connectivity index (χ0v) is 22.4. The van der Waals surface area contributed by atoms with Gasteiger partial charge in [-0.1, -0.05) is 88.9 Å². The maximum absolute atomic E-state index is 11.7. The summed E-state index contributed by atoms with van der Waals surface area (Å²) < 4.78 is 0. The fourth-order valence-electron chi connectivity index (χ4n) is 5.05. The van der Waals surface area contributed by atoms with Gasteiger partial charge in [0.2, 0.25) is 0 Å². The van der Waals surface area contributed by atoms with Gasteiger partial charge >= 0.3 is 5.97 Å². The summed E-state index contributed by atoms with van der Waals surface area (Å²) in [6.45, 7) is 7.52. The monoisotopic (exact) mass is 471 g/mol. The summed E-state index contributed by atoms with van der Waals surface area (Å²) in [5.74, 6) is 1.33. The molecule has 0 radical (unpaired) electrons. The molecule has 0 aliphatic rings. The van der Waals surface area contributed by atoms with Crippen molar-refractivity contribution in [1.82, 2.24) is 0 Å². The van der Waals surface area contributed by atoms with Gasteiger partial charge in [-0.05, 0) is 93.6 Å². The minimum atomic E-state index is -0.678. The molecule has 34 heavy (non-hydrogen) atoms. The van der Waals surface area contributed by atoms with E-state index >= 15 is 0 Å². The number of hydrogen-bond donors (Lipinski definition) is 2. The lowest BCUT2D eigenvalue weighted by molar-refractivity contribution is -0.138. The number of carboxylic acids is 1. The van der Waals surface area contributed by atoms with Crippen molar-refractivity contribution in [1.29, 1.82) is 0 Å². The van der Waals surface area contributed by atoms with Crippen LogP contribution in [0.4, 0.5) is 0 Å². The Kier molecular flexibility index (Phi) is 17.6. The van der Waals surface area contributed by atoms with Gasteiger partial charge in [0.1, 0.15) is 0 Å². The molecule has 3 N–H and O–H groups in total. The van der Waals surface area contributed by atoms with E-state index in [0.29, 0.717) is 18.4 Å². The van der Waals surface area contributed by atoms with Crippen LogP contribution in [0.1, 0.15) is 110 Å². The van der Waals surface area contributed by atoms with Crippen molar-refractivity contribution in [3.05, 3.63) is 48.0 Å². The zero-order valence-electron chi connectivity index (χ0n) is 22.4. The molecule has 3 atom stereocenters. The molecule has 1 rings (SSSR count). The Hall–Kier alpha value is -1.61. The molecule has 3 heteroatoms. The van der Waals surface area contributed by atoms with E-state index in [9.17, 15) is 9.90 Å². The van der Waals surface area contributed by atoms with E-state index in [1.54, 1.807) is 0 Å². The summed E-state index contributed by atoms with van der Waals surface area (Å²) in [5, 5.41) is 9.60. The second-order valence-corrected chi connectivity index (χ2v) is 10.7. The summed E-state index contributed by atoms with van der Waals surface area (Å²) in [6.07, 6.45) is 20.3. The highest BCUT2D eigenvalue weighted by atomic mass is 16.4. The number of unbranched alkanes of at least 4 members (excludes halogenated alkanes) is 4. The molecule has 3 nitrogen and oxygen atoms in total. The second-order valence-electron chi connectivity index (χ2n) is 10.7. The van der Waals surface area contributed by atoms with Gasteiger partial charge in [-0.3, -0.25) is 4.79 Å². The lowest BCUT2D eigenvalue weighted by Gasteiger charge is -2.28. The van der Waals surface area contributed by atoms with Crippen LogP contribution in [0.5, 0.6) is 0 Å². The normalized spacial score (nSPS) is 14.5. The van der Waals surface area contributed by atoms with Crippen molar-refractivity contribution >= 4 is 5.97 Å². The number of carboxylic acid groups (broad SMARTS) is 1. The first-order chi connectivity index (χ1) is 16.5. The second kappa shape index (κ2) is 19.7. The highest BCUT2D eigenvalue weighted by Crippen LogP contribution is 2.32. The van der Waals surface area contributed by atoms with Gasteiger partial charge in [0.25, 0.3) is 0 Å². The summed E-state index contributed by atoms with van der Waals surface area (Å²) in [4.78, 5) is 11.7. The van der Waals surface area contributed by atoms with Crippen LogP contribution < -0.4 is 5.73 Å². The van der Waals surface area contributed by atoms with Gasteiger partial charge in [-0.2, -0.15) is 0 Å². The lowest BCUT2D eigenvalue weighted by atomic mass is 9.78. The van der Waals surface area contributed by atoms with Crippen LogP contribution in [0.25, 0.3) is 0 Å². The molecule has 0 saturated heterocycles. The zero-order chi connectivity index (χ0) is 25.0. The minimum absolute atomic E-state index is 0.195. The number of aryl methyl sites for hydroxylation is 1. The Bertz CT molecular complexity index is 640. The highest BCUT2D eigenvalue weighted by Gasteiger charge is 2.24. The van der Waals surface area contributed by atoms with Gasteiger partial charge in [0.15, 0.2) is 0 Å². The van der Waals surface area contributed by atoms with Crippen LogP contribution in [-0.4, -0.2) is 17.6 Å². The Morgan fingerprint density at radius 3 is 2.29 bits per heavy atom. The van der Waals surface area contributed by atoms with Gasteiger partial charge in [-0.15, -0.1) is 0 Å². The summed E-state index contributed by atoms with van der Waals surface area (Å²) >= 11 is 0. The minimum Gasteiger partial charge on any atom is -0.481 e. The average Bonchev–Trinajstić information content (AvgIpc) is 2.81. The van der Waals surface area contributed by atoms with Gasteiger partial charge in [0.05, 0.1) is 0 Å². The third-order valence-electron chi connectivity index (χ3n) is 7.25. The van der Waals surface area contributed by atoms with Crippen molar-refractivity contribution in [3.8, 4) is 0 Å². The maximum Gasteiger partial charge on any atom is 0.303 e. The number of carbonyl (C=O) groups is 1. The Morgan fingerprint density at radius 1 is 0.912 bits per heavy atom. The standard InChI is InChI=1S/C31H53NO2/c1-4-5-6-7-8-9-11-16-28(18-17-26(2)3)19-21-29(23-24-32)30(25-31(33)34)22-20-27-14-12-10-13-15-27/h9-15,26,28-30H,4-8,16-25,32H2,1-3H3,(H,33,34)/t28-,29-,30-/m1/s1. The summed E-state index contributed by atoms with van der Waals surface area (Å²) in [5.41, 5.74) is 7.29. The van der Waals surface area contributed by atoms with Crippen LogP contribution in [0.2, 0.25) is 0 Å². The maximum atomic E-state index is 11.7. The predicted octanol–water partition coefficient (Wildman–Crippen LogP) is 8.42. The third kappa shape index (κ3) is 15.3. The number of nitrogens with two attached hydrogens (primary N) is 1. The fraction of sp³-hybridized carbons (Fsp3) is 0.710. The van der Waals surface area contributed by atoms with Gasteiger partial charge in [0, 0.05) is 6.42 Å². The van der Waals surface area contributed by atoms with Crippen molar-refractivity contribution in [2.45, 2.75) is 111 Å². The van der Waals surface area contributed by atoms with E-state index in [1.807, 2.05) is 6.07 Å². The first-order valence-corrected chi connectivity index (χ1v) is 14.1. The smallest absolute Gasteiger partial charge is 0.303 e. The lowest BCUT2D eigenvalue weighted by Crippen LogP contribution is -2.23. The third-order valence-corrected chi connectivity index (χ3v) is 7.25. The Balaban J connectivity index is 2.71. The number of allylic oxidation sites excluding steroid dienone is 2. The van der Waals surface area contributed by atoms with Crippen LogP contribution in [0, 0.1) is 23.7 Å². The molecule has 0 saturated carbocycles. The molecule has 1 aromatic rings. The molecule has 0 spiro atoms. The number of hydrogen-bond acceptors (Lipinski definition) is 2. The fourth-order valence-corrected chi connectivity index (χ4v) is 5.05. The first kappa shape index (κ1) is 30.4. The molecule has 0 aromatic heterocycles. The molecule has 1 aromatic carbocycles. The Morgan fingerprint density at radius 2 is 1.65 bits per heavy atom. The summed E-state index contributed by atoms with van der Waals surface area (Å²) in [6, 6.07) is 10.5. The number of aliphatic carboxylic acids is 1. The van der Waals surface area contributed by atoms with Gasteiger partial charge in [-0.25, -0.2) is 0 Å². The molecule has 0 unspecified atom stereocenters. The van der Waals surface area contributed by atoms with E-state index in [4.69, 9.17) is 5.73 Å². The van der Waals surface area contributed by atoms with E-state index in [-0.39, 0.29) is 12.3 Å². The molecule has 0 fully saturated rings. The van der Waals surface area contributed by atoms with E-state index in [1.165, 1.54) is 56.9 Å². The number of rotatable bonds is 21. The molecule has 0 amide bonds. The molecular weight excluding hydrogens is 418 g/mol. The van der Waals surface area contributed by atoms with Crippen molar-refractivity contribution in [2.24, 2.45) is 29.4 Å². The van der Waals surface area contributed by atoms with Crippen molar-refractivity contribution < 1.29 is 9.90 Å². The Labute approximate surface area is 210 Å². The SMILES string of the molecule is CCCCCCC=CC[C@H](CCC(C)C)CC[C@H](CCN)[C@H](CCc1ccccc1)CC(=O)O. The predicted molar refractivity (Wildman–Crippen MR) is 147 cm³/mol.